The van der Waals surface area contributed by atoms with E-state index in [-0.39, 0.29) is 34.9 Å². The van der Waals surface area contributed by atoms with Crippen LogP contribution in [0.25, 0.3) is 0 Å². The molecule has 9 aliphatic rings. The summed E-state index contributed by atoms with van der Waals surface area (Å²) in [7, 11) is 0. The van der Waals surface area contributed by atoms with E-state index >= 15 is 0 Å². The highest BCUT2D eigenvalue weighted by molar-refractivity contribution is 5.67. The lowest BCUT2D eigenvalue weighted by Gasteiger charge is -2.68. The van der Waals surface area contributed by atoms with Gasteiger partial charge in [-0.1, -0.05) is 19.1 Å². The van der Waals surface area contributed by atoms with Gasteiger partial charge in [-0.3, -0.25) is 14.5 Å². The molecule has 9 fully saturated rings. The zero-order valence-electron chi connectivity index (χ0n) is 18.3. The molecule has 168 valence electrons. The minimum atomic E-state index is -1.21. The Morgan fingerprint density at radius 2 is 1.84 bits per heavy atom. The molecule has 0 aromatic carbocycles. The van der Waals surface area contributed by atoms with Gasteiger partial charge in [-0.25, -0.2) is 0 Å². The number of ether oxygens (including phenoxy) is 2. The van der Waals surface area contributed by atoms with Crippen molar-refractivity contribution in [1.29, 1.82) is 0 Å². The third kappa shape index (κ3) is 1.65. The lowest BCUT2D eigenvalue weighted by Crippen LogP contribution is -2.77. The SMILES string of the molecule is C=C1C[C@@]23C[C@H]4[C@@H]5[C@@]6(C)C[C@H](OC(C)=O)C[C@@]57[C@@H]2[C@H](O)[C@@H]1[C@H](OC(C)=O)[C@@]3(O)[C@H]7N4C6. The molecule has 7 nitrogen and oxygen atoms in total. The van der Waals surface area contributed by atoms with E-state index in [0.29, 0.717) is 24.8 Å². The predicted octanol–water partition coefficient (Wildman–Crippen LogP) is 1.02. The van der Waals surface area contributed by atoms with E-state index in [1.807, 2.05) is 0 Å². The first-order chi connectivity index (χ1) is 14.5. The van der Waals surface area contributed by atoms with Crippen LogP contribution in [0, 0.1) is 34.0 Å². The van der Waals surface area contributed by atoms with E-state index in [0.717, 1.165) is 25.0 Å². The van der Waals surface area contributed by atoms with E-state index in [9.17, 15) is 19.8 Å². The molecule has 6 saturated carbocycles. The number of fused-ring (bicyclic) bond motifs is 1. The van der Waals surface area contributed by atoms with Crippen molar-refractivity contribution in [3.05, 3.63) is 12.2 Å². The van der Waals surface area contributed by atoms with E-state index in [1.165, 1.54) is 13.8 Å². The van der Waals surface area contributed by atoms with E-state index in [1.54, 1.807) is 0 Å². The van der Waals surface area contributed by atoms with Crippen LogP contribution >= 0.6 is 0 Å². The Hall–Kier alpha value is -1.44. The summed E-state index contributed by atoms with van der Waals surface area (Å²) in [4.78, 5) is 26.5. The van der Waals surface area contributed by atoms with Crippen LogP contribution in [0.5, 0.6) is 0 Å². The van der Waals surface area contributed by atoms with Gasteiger partial charge in [-0.05, 0) is 37.0 Å². The Labute approximate surface area is 181 Å². The molecule has 0 amide bonds. The molecular weight excluding hydrogens is 398 g/mol. The molecule has 6 aliphatic carbocycles. The van der Waals surface area contributed by atoms with E-state index in [4.69, 9.17) is 9.47 Å². The largest absolute Gasteiger partial charge is 0.463 e. The first-order valence-electron chi connectivity index (χ1n) is 11.7. The zero-order chi connectivity index (χ0) is 21.9. The van der Waals surface area contributed by atoms with Gasteiger partial charge in [0.2, 0.25) is 0 Å². The quantitative estimate of drug-likeness (QED) is 0.500. The fourth-order valence-electron chi connectivity index (χ4n) is 11.3. The summed E-state index contributed by atoms with van der Waals surface area (Å²) in [5.41, 5.74) is -1.20. The Balaban J connectivity index is 1.47. The van der Waals surface area contributed by atoms with Crippen molar-refractivity contribution in [1.82, 2.24) is 4.90 Å². The summed E-state index contributed by atoms with van der Waals surface area (Å²) >= 11 is 0. The summed E-state index contributed by atoms with van der Waals surface area (Å²) in [6.07, 6.45) is 1.30. The van der Waals surface area contributed by atoms with Crippen molar-refractivity contribution in [2.75, 3.05) is 6.54 Å². The average Bonchev–Trinajstić information content (AvgIpc) is 3.03. The standard InChI is InChI=1S/C24H31NO6/c1-10-5-22-8-14-17-21(4)6-13(30-11(2)26)7-23(17)18(22)16(28)15(10)19(31-12(3)27)24(22,29)20(23)25(14)9-21/h13-20,28-29H,1,5-9H2,2-4H3/t13-,14-,15+,16+,17+,18+,19-,20-,21-,22+,23-,24+/m0/s1. The highest BCUT2D eigenvalue weighted by Crippen LogP contribution is 2.88. The summed E-state index contributed by atoms with van der Waals surface area (Å²) in [6, 6.07) is 0.176. The number of piperidine rings is 2. The van der Waals surface area contributed by atoms with Crippen LogP contribution < -0.4 is 0 Å². The van der Waals surface area contributed by atoms with Gasteiger partial charge in [-0.15, -0.1) is 0 Å². The molecule has 1 unspecified atom stereocenters. The fourth-order valence-corrected chi connectivity index (χ4v) is 11.3. The second-order valence-corrected chi connectivity index (χ2v) is 12.1. The minimum Gasteiger partial charge on any atom is -0.463 e. The van der Waals surface area contributed by atoms with Crippen LogP contribution in [0.1, 0.15) is 46.5 Å². The van der Waals surface area contributed by atoms with Crippen LogP contribution in [0.3, 0.4) is 0 Å². The van der Waals surface area contributed by atoms with Gasteiger partial charge in [0.1, 0.15) is 17.8 Å². The number of hydrogen-bond acceptors (Lipinski definition) is 7. The molecule has 0 radical (unpaired) electrons. The maximum atomic E-state index is 12.6. The van der Waals surface area contributed by atoms with Crippen molar-refractivity contribution in [2.24, 2.45) is 34.0 Å². The number of carbonyl (C=O) groups is 2. The van der Waals surface area contributed by atoms with Crippen LogP contribution in [0.2, 0.25) is 0 Å². The second-order valence-electron chi connectivity index (χ2n) is 12.1. The molecule has 2 spiro atoms. The lowest BCUT2D eigenvalue weighted by atomic mass is 9.39. The Kier molecular flexibility index (Phi) is 3.10. The Morgan fingerprint density at radius 3 is 2.52 bits per heavy atom. The summed E-state index contributed by atoms with van der Waals surface area (Å²) in [5, 5.41) is 24.4. The molecular formula is C24H31NO6. The average molecular weight is 430 g/mol. The summed E-state index contributed by atoms with van der Waals surface area (Å²) < 4.78 is 11.6. The Bertz CT molecular complexity index is 966. The normalized spacial score (nSPS) is 63.5. The van der Waals surface area contributed by atoms with Crippen molar-refractivity contribution < 1.29 is 29.3 Å². The van der Waals surface area contributed by atoms with Crippen LogP contribution in [-0.2, 0) is 19.1 Å². The lowest BCUT2D eigenvalue weighted by molar-refractivity contribution is -0.284. The number of esters is 2. The number of carbonyl (C=O) groups excluding carboxylic acids is 2. The number of aliphatic hydroxyl groups excluding tert-OH is 1. The van der Waals surface area contributed by atoms with Crippen molar-refractivity contribution in [2.45, 2.75) is 82.5 Å². The van der Waals surface area contributed by atoms with E-state index in [2.05, 4.69) is 18.4 Å². The number of aliphatic hydroxyl groups is 2. The van der Waals surface area contributed by atoms with Crippen LogP contribution in [0.15, 0.2) is 12.2 Å². The second kappa shape index (κ2) is 5.05. The van der Waals surface area contributed by atoms with Crippen molar-refractivity contribution >= 4 is 11.9 Å². The van der Waals surface area contributed by atoms with Crippen molar-refractivity contribution in [3.63, 3.8) is 0 Å². The third-order valence-electron chi connectivity index (χ3n) is 10.9. The smallest absolute Gasteiger partial charge is 0.303 e. The first kappa shape index (κ1) is 19.1. The van der Waals surface area contributed by atoms with Gasteiger partial charge in [0, 0.05) is 55.1 Å². The molecule has 3 aliphatic heterocycles. The minimum absolute atomic E-state index is 0.0120. The monoisotopic (exact) mass is 429 g/mol. The van der Waals surface area contributed by atoms with Gasteiger partial charge >= 0.3 is 11.9 Å². The van der Waals surface area contributed by atoms with Crippen LogP contribution in [-0.4, -0.2) is 69.6 Å². The van der Waals surface area contributed by atoms with E-state index < -0.39 is 35.1 Å². The molecule has 3 heterocycles. The number of hydrogen-bond donors (Lipinski definition) is 2. The maximum absolute atomic E-state index is 12.6. The molecule has 2 N–H and O–H groups in total. The molecule has 31 heavy (non-hydrogen) atoms. The third-order valence-corrected chi connectivity index (χ3v) is 10.9. The summed E-state index contributed by atoms with van der Waals surface area (Å²) in [5.74, 6) is -0.896. The van der Waals surface area contributed by atoms with Gasteiger partial charge in [0.25, 0.3) is 0 Å². The van der Waals surface area contributed by atoms with Gasteiger partial charge in [0.05, 0.1) is 6.10 Å². The number of nitrogens with zero attached hydrogens (tertiary/aromatic N) is 1. The van der Waals surface area contributed by atoms with Gasteiger partial charge < -0.3 is 19.7 Å². The fraction of sp³-hybridized carbons (Fsp3) is 0.833. The van der Waals surface area contributed by atoms with Gasteiger partial charge in [0.15, 0.2) is 0 Å². The zero-order valence-corrected chi connectivity index (χ0v) is 18.3. The summed E-state index contributed by atoms with van der Waals surface area (Å²) in [6.45, 7) is 10.3. The van der Waals surface area contributed by atoms with Crippen molar-refractivity contribution in [3.8, 4) is 0 Å². The maximum Gasteiger partial charge on any atom is 0.303 e. The predicted molar refractivity (Wildman–Crippen MR) is 107 cm³/mol. The molecule has 0 aromatic rings. The van der Waals surface area contributed by atoms with Gasteiger partial charge in [-0.2, -0.15) is 0 Å². The molecule has 13 atom stereocenters. The molecule has 9 bridgehead atoms. The highest BCUT2D eigenvalue weighted by Gasteiger charge is 2.95. The first-order valence-corrected chi connectivity index (χ1v) is 11.7. The molecule has 3 saturated heterocycles. The number of rotatable bonds is 2. The highest BCUT2D eigenvalue weighted by atomic mass is 16.6. The topological polar surface area (TPSA) is 96.3 Å². The molecule has 9 rings (SSSR count). The molecule has 7 heteroatoms. The molecule has 0 aromatic heterocycles. The Morgan fingerprint density at radius 1 is 1.13 bits per heavy atom. The van der Waals surface area contributed by atoms with Crippen LogP contribution in [0.4, 0.5) is 0 Å².